The van der Waals surface area contributed by atoms with Crippen molar-refractivity contribution >= 4 is 17.5 Å². The quantitative estimate of drug-likeness (QED) is 0.834. The highest BCUT2D eigenvalue weighted by molar-refractivity contribution is 5.92. The van der Waals surface area contributed by atoms with Crippen LogP contribution >= 0.6 is 0 Å². The van der Waals surface area contributed by atoms with E-state index in [1.807, 2.05) is 0 Å². The minimum Gasteiger partial charge on any atom is -0.347 e. The maximum absolute atomic E-state index is 13.6. The first-order valence-corrected chi connectivity index (χ1v) is 6.46. The van der Waals surface area contributed by atoms with E-state index in [1.54, 1.807) is 13.0 Å². The first-order chi connectivity index (χ1) is 10.5. The predicted molar refractivity (Wildman–Crippen MR) is 78.9 cm³/mol. The van der Waals surface area contributed by atoms with Gasteiger partial charge in [-0.2, -0.15) is 0 Å². The maximum Gasteiger partial charge on any atom is 0.270 e. The Morgan fingerprint density at radius 1 is 1.32 bits per heavy atom. The highest BCUT2D eigenvalue weighted by Gasteiger charge is 2.11. The van der Waals surface area contributed by atoms with Crippen molar-refractivity contribution in [2.24, 2.45) is 0 Å². The third-order valence-electron chi connectivity index (χ3n) is 2.67. The van der Waals surface area contributed by atoms with Gasteiger partial charge in [0.2, 0.25) is 5.95 Å². The molecule has 1 amide bonds. The van der Waals surface area contributed by atoms with Gasteiger partial charge in [0.1, 0.15) is 17.3 Å². The van der Waals surface area contributed by atoms with E-state index >= 15 is 0 Å². The molecular weight excluding hydrogens is 290 g/mol. The highest BCUT2D eigenvalue weighted by atomic mass is 19.1. The lowest BCUT2D eigenvalue weighted by Crippen LogP contribution is -2.24. The van der Waals surface area contributed by atoms with Crippen molar-refractivity contribution < 1.29 is 13.6 Å². The fourth-order valence-corrected chi connectivity index (χ4v) is 1.71. The Morgan fingerprint density at radius 3 is 2.77 bits per heavy atom. The summed E-state index contributed by atoms with van der Waals surface area (Å²) in [6.45, 7) is 5.48. The fourth-order valence-electron chi connectivity index (χ4n) is 1.71. The Hall–Kier alpha value is -2.83. The lowest BCUT2D eigenvalue weighted by atomic mass is 10.3. The summed E-state index contributed by atoms with van der Waals surface area (Å²) < 4.78 is 26.5. The van der Waals surface area contributed by atoms with Crippen molar-refractivity contribution in [3.05, 3.63) is 59.9 Å². The molecule has 7 heteroatoms. The van der Waals surface area contributed by atoms with Gasteiger partial charge in [-0.1, -0.05) is 6.08 Å². The summed E-state index contributed by atoms with van der Waals surface area (Å²) in [5.74, 6) is -1.80. The van der Waals surface area contributed by atoms with E-state index in [-0.39, 0.29) is 17.3 Å². The summed E-state index contributed by atoms with van der Waals surface area (Å²) in [5.41, 5.74) is 0.688. The molecule has 0 fully saturated rings. The van der Waals surface area contributed by atoms with Crippen molar-refractivity contribution in [1.29, 1.82) is 0 Å². The minimum atomic E-state index is -0.775. The molecule has 1 aromatic carbocycles. The van der Waals surface area contributed by atoms with Crippen molar-refractivity contribution in [2.75, 3.05) is 11.9 Å². The molecule has 0 radical (unpaired) electrons. The van der Waals surface area contributed by atoms with E-state index in [9.17, 15) is 13.6 Å². The van der Waals surface area contributed by atoms with Crippen LogP contribution < -0.4 is 10.6 Å². The van der Waals surface area contributed by atoms with Crippen LogP contribution in [-0.2, 0) is 0 Å². The maximum atomic E-state index is 13.6. The minimum absolute atomic E-state index is 0.0180. The molecule has 1 heterocycles. The summed E-state index contributed by atoms with van der Waals surface area (Å²) in [6.07, 6.45) is 1.54. The topological polar surface area (TPSA) is 66.9 Å². The van der Waals surface area contributed by atoms with Crippen molar-refractivity contribution in [2.45, 2.75) is 6.92 Å². The van der Waals surface area contributed by atoms with Gasteiger partial charge in [-0.3, -0.25) is 4.79 Å². The van der Waals surface area contributed by atoms with Crippen molar-refractivity contribution in [3.63, 3.8) is 0 Å². The van der Waals surface area contributed by atoms with Gasteiger partial charge in [-0.25, -0.2) is 18.7 Å². The standard InChI is InChI=1S/C15H14F2N4O/c1-3-6-18-14(22)13-7-9(2)19-15(21-13)20-12-5-4-10(16)8-11(12)17/h3-5,7-8H,1,6H2,2H3,(H,18,22)(H,19,20,21). The number of aryl methyl sites for hydroxylation is 1. The monoisotopic (exact) mass is 304 g/mol. The molecule has 0 aliphatic heterocycles. The second-order valence-electron chi connectivity index (χ2n) is 4.47. The van der Waals surface area contributed by atoms with Gasteiger partial charge in [-0.15, -0.1) is 6.58 Å². The number of rotatable bonds is 5. The zero-order chi connectivity index (χ0) is 16.1. The van der Waals surface area contributed by atoms with Crippen LogP contribution in [0.5, 0.6) is 0 Å². The molecule has 0 aliphatic rings. The Morgan fingerprint density at radius 2 is 2.09 bits per heavy atom. The second-order valence-corrected chi connectivity index (χ2v) is 4.47. The lowest BCUT2D eigenvalue weighted by Gasteiger charge is -2.09. The smallest absolute Gasteiger partial charge is 0.270 e. The summed E-state index contributed by atoms with van der Waals surface area (Å²) in [5, 5.41) is 5.21. The molecule has 2 aromatic rings. The van der Waals surface area contributed by atoms with Gasteiger partial charge in [0.25, 0.3) is 5.91 Å². The molecule has 0 unspecified atom stereocenters. The van der Waals surface area contributed by atoms with Crippen molar-refractivity contribution in [3.8, 4) is 0 Å². The number of carbonyl (C=O) groups excluding carboxylic acids is 1. The molecule has 0 atom stereocenters. The van der Waals surface area contributed by atoms with Crippen LogP contribution in [0.4, 0.5) is 20.4 Å². The lowest BCUT2D eigenvalue weighted by molar-refractivity contribution is 0.0953. The first-order valence-electron chi connectivity index (χ1n) is 6.46. The van der Waals surface area contributed by atoms with Gasteiger partial charge >= 0.3 is 0 Å². The molecule has 0 bridgehead atoms. The SMILES string of the molecule is C=CCNC(=O)c1cc(C)nc(Nc2ccc(F)cc2F)n1. The molecule has 0 spiro atoms. The number of nitrogens with one attached hydrogen (secondary N) is 2. The summed E-state index contributed by atoms with van der Waals surface area (Å²) in [4.78, 5) is 20.0. The average molecular weight is 304 g/mol. The summed E-state index contributed by atoms with van der Waals surface area (Å²) in [7, 11) is 0. The number of amides is 1. The van der Waals surface area contributed by atoms with Gasteiger partial charge in [0, 0.05) is 18.3 Å². The molecule has 2 rings (SSSR count). The number of anilines is 2. The van der Waals surface area contributed by atoms with E-state index in [0.717, 1.165) is 12.1 Å². The van der Waals surface area contributed by atoms with Crippen LogP contribution in [0.2, 0.25) is 0 Å². The second kappa shape index (κ2) is 6.75. The van der Waals surface area contributed by atoms with E-state index in [2.05, 4.69) is 27.2 Å². The van der Waals surface area contributed by atoms with Gasteiger partial charge in [0.05, 0.1) is 5.69 Å². The van der Waals surface area contributed by atoms with E-state index in [4.69, 9.17) is 0 Å². The number of hydrogen-bond donors (Lipinski definition) is 2. The highest BCUT2D eigenvalue weighted by Crippen LogP contribution is 2.18. The molecule has 2 N–H and O–H groups in total. The molecule has 5 nitrogen and oxygen atoms in total. The first kappa shape index (κ1) is 15.6. The zero-order valence-electron chi connectivity index (χ0n) is 11.9. The molecule has 0 saturated carbocycles. The fraction of sp³-hybridized carbons (Fsp3) is 0.133. The molecule has 0 aliphatic carbocycles. The zero-order valence-corrected chi connectivity index (χ0v) is 11.9. The van der Waals surface area contributed by atoms with Crippen LogP contribution in [0.3, 0.4) is 0 Å². The van der Waals surface area contributed by atoms with Gasteiger partial charge in [0.15, 0.2) is 0 Å². The van der Waals surface area contributed by atoms with Gasteiger partial charge < -0.3 is 10.6 Å². The Balaban J connectivity index is 2.26. The Kier molecular flexibility index (Phi) is 4.77. The number of benzene rings is 1. The molecule has 114 valence electrons. The van der Waals surface area contributed by atoms with Crippen LogP contribution in [0.15, 0.2) is 36.9 Å². The van der Waals surface area contributed by atoms with E-state index in [1.165, 1.54) is 12.1 Å². The van der Waals surface area contributed by atoms with Crippen LogP contribution in [-0.4, -0.2) is 22.4 Å². The average Bonchev–Trinajstić information content (AvgIpc) is 2.47. The number of aromatic nitrogens is 2. The number of nitrogens with zero attached hydrogens (tertiary/aromatic N) is 2. The largest absolute Gasteiger partial charge is 0.347 e. The third-order valence-corrected chi connectivity index (χ3v) is 2.67. The molecule has 22 heavy (non-hydrogen) atoms. The number of hydrogen-bond acceptors (Lipinski definition) is 4. The molecular formula is C15H14F2N4O. The third kappa shape index (κ3) is 3.85. The Labute approximate surface area is 126 Å². The van der Waals surface area contributed by atoms with Crippen LogP contribution in [0, 0.1) is 18.6 Å². The normalized spacial score (nSPS) is 10.1. The Bertz CT molecular complexity index is 719. The number of halogens is 2. The van der Waals surface area contributed by atoms with Crippen molar-refractivity contribution in [1.82, 2.24) is 15.3 Å². The predicted octanol–water partition coefficient (Wildman–Crippen LogP) is 2.72. The molecule has 1 aromatic heterocycles. The van der Waals surface area contributed by atoms with Crippen LogP contribution in [0.1, 0.15) is 16.2 Å². The van der Waals surface area contributed by atoms with E-state index < -0.39 is 17.5 Å². The van der Waals surface area contributed by atoms with Crippen LogP contribution in [0.25, 0.3) is 0 Å². The van der Waals surface area contributed by atoms with E-state index in [0.29, 0.717) is 12.2 Å². The number of carbonyl (C=O) groups is 1. The summed E-state index contributed by atoms with van der Waals surface area (Å²) >= 11 is 0. The van der Waals surface area contributed by atoms with Gasteiger partial charge in [-0.05, 0) is 25.1 Å². The summed E-state index contributed by atoms with van der Waals surface area (Å²) in [6, 6.07) is 4.59. The molecule has 0 saturated heterocycles.